The van der Waals surface area contributed by atoms with Crippen LogP contribution in [0, 0.1) is 0 Å². The Morgan fingerprint density at radius 2 is 1.80 bits per heavy atom. The normalized spacial score (nSPS) is 12.1. The molecule has 3 rings (SSSR count). The standard InChI is InChI=1S/C21H20NO2.Al/c1-3-19(22)15-8-10-16(11-9-15)20-17-7-5-4-6-14(17)12-13-18(20)21(23)24-2;/h4-13,19,22H,3H2,1-2H3;/q-1;+1. The van der Waals surface area contributed by atoms with Crippen LogP contribution in [-0.4, -0.2) is 29.6 Å². The minimum absolute atomic E-state index is 0.298. The Balaban J connectivity index is 2.18. The van der Waals surface area contributed by atoms with Gasteiger partial charge in [0.05, 0.1) is 12.7 Å². The van der Waals surface area contributed by atoms with Crippen LogP contribution in [0.2, 0.25) is 0 Å². The molecule has 1 N–H and O–H groups in total. The fraction of sp³-hybridized carbons (Fsp3) is 0.190. The first kappa shape index (κ1) is 17.7. The predicted molar refractivity (Wildman–Crippen MR) is 103 cm³/mol. The van der Waals surface area contributed by atoms with Crippen molar-refractivity contribution in [3.63, 3.8) is 0 Å². The zero-order valence-corrected chi connectivity index (χ0v) is 15.6. The van der Waals surface area contributed by atoms with Crippen LogP contribution in [0.1, 0.15) is 35.3 Å². The van der Waals surface area contributed by atoms with Crippen LogP contribution < -0.4 is 4.30 Å². The van der Waals surface area contributed by atoms with Crippen LogP contribution in [0.5, 0.6) is 0 Å². The zero-order valence-electron chi connectivity index (χ0n) is 14.5. The Morgan fingerprint density at radius 3 is 2.44 bits per heavy atom. The van der Waals surface area contributed by atoms with Gasteiger partial charge in [0.2, 0.25) is 0 Å². The van der Waals surface area contributed by atoms with Gasteiger partial charge in [-0.15, -0.1) is 0 Å². The van der Waals surface area contributed by atoms with E-state index in [0.29, 0.717) is 11.6 Å². The van der Waals surface area contributed by atoms with Gasteiger partial charge >= 0.3 is 5.97 Å². The molecule has 0 heterocycles. The van der Waals surface area contributed by atoms with Crippen molar-refractivity contribution in [3.8, 4) is 11.1 Å². The van der Waals surface area contributed by atoms with E-state index in [1.807, 2.05) is 30.3 Å². The molecule has 2 radical (unpaired) electrons. The number of carbonyl (C=O) groups excluding carboxylic acids is 1. The SMILES string of the molecule is CCC([NH][Al])c1ccc(-c2c(C(=O)OC)ccc3ccccc23)cc1. The number of esters is 1. The predicted octanol–water partition coefficient (Wildman–Crippen LogP) is 4.42. The summed E-state index contributed by atoms with van der Waals surface area (Å²) < 4.78 is 8.23. The van der Waals surface area contributed by atoms with Crippen LogP contribution in [-0.2, 0) is 4.74 Å². The second kappa shape index (κ2) is 7.84. The van der Waals surface area contributed by atoms with Gasteiger partial charge in [0.25, 0.3) is 16.5 Å². The summed E-state index contributed by atoms with van der Waals surface area (Å²) in [7, 11) is 1.42. The van der Waals surface area contributed by atoms with Crippen LogP contribution in [0.3, 0.4) is 0 Å². The highest BCUT2D eigenvalue weighted by molar-refractivity contribution is 6.08. The van der Waals surface area contributed by atoms with Gasteiger partial charge in [0.1, 0.15) is 0 Å². The Kier molecular flexibility index (Phi) is 5.55. The summed E-state index contributed by atoms with van der Waals surface area (Å²) in [5.41, 5.74) is 3.74. The molecular formula is C21H20AlNO2. The molecule has 1 unspecified atom stereocenters. The second-order valence-corrected chi connectivity index (χ2v) is 6.28. The lowest BCUT2D eigenvalue weighted by molar-refractivity contribution is 0.0602. The molecular weight excluding hydrogens is 325 g/mol. The van der Waals surface area contributed by atoms with Gasteiger partial charge in [-0.3, -0.25) is 0 Å². The van der Waals surface area contributed by atoms with E-state index in [-0.39, 0.29) is 5.97 Å². The first-order valence-electron chi connectivity index (χ1n) is 8.36. The van der Waals surface area contributed by atoms with Crippen LogP contribution in [0.25, 0.3) is 21.9 Å². The van der Waals surface area contributed by atoms with E-state index in [0.717, 1.165) is 28.3 Å². The monoisotopic (exact) mass is 345 g/mol. The molecule has 25 heavy (non-hydrogen) atoms. The van der Waals surface area contributed by atoms with E-state index in [2.05, 4.69) is 58.1 Å². The molecule has 1 atom stereocenters. The van der Waals surface area contributed by atoms with Gasteiger partial charge in [0.15, 0.2) is 0 Å². The zero-order chi connectivity index (χ0) is 17.8. The number of rotatable bonds is 5. The third-order valence-corrected chi connectivity index (χ3v) is 4.95. The summed E-state index contributed by atoms with van der Waals surface area (Å²) in [6.07, 6.45) is 1.00. The summed E-state index contributed by atoms with van der Waals surface area (Å²) in [5.74, 6) is -0.317. The molecule has 3 nitrogen and oxygen atoms in total. The average molecular weight is 345 g/mol. The van der Waals surface area contributed by atoms with Gasteiger partial charge in [-0.05, 0) is 34.4 Å². The molecule has 0 spiro atoms. The largest absolute Gasteiger partial charge is 0.465 e. The van der Waals surface area contributed by atoms with Gasteiger partial charge in [-0.2, -0.15) is 0 Å². The van der Waals surface area contributed by atoms with Crippen molar-refractivity contribution in [2.24, 2.45) is 0 Å². The third kappa shape index (κ3) is 3.48. The number of hydrogen-bond donors (Lipinski definition) is 1. The Bertz CT molecular complexity index is 886. The quantitative estimate of drug-likeness (QED) is 0.550. The number of benzene rings is 3. The fourth-order valence-electron chi connectivity index (χ4n) is 3.19. The number of carbonyl (C=O) groups is 1. The molecule has 0 fully saturated rings. The van der Waals surface area contributed by atoms with Crippen molar-refractivity contribution < 1.29 is 9.53 Å². The van der Waals surface area contributed by atoms with Gasteiger partial charge in [-0.1, -0.05) is 61.5 Å². The molecule has 0 aliphatic carbocycles. The summed E-state index contributed by atoms with van der Waals surface area (Å²) in [4.78, 5) is 12.3. The lowest BCUT2D eigenvalue weighted by Crippen LogP contribution is -2.16. The molecule has 0 aliphatic rings. The smallest absolute Gasteiger partial charge is 0.338 e. The molecule has 0 bridgehead atoms. The lowest BCUT2D eigenvalue weighted by atomic mass is 9.92. The van der Waals surface area contributed by atoms with Gasteiger partial charge in [-0.25, -0.2) is 4.79 Å². The van der Waals surface area contributed by atoms with Crippen molar-refractivity contribution in [3.05, 3.63) is 71.8 Å². The maximum Gasteiger partial charge on any atom is 0.338 e. The van der Waals surface area contributed by atoms with Crippen LogP contribution in [0.4, 0.5) is 0 Å². The van der Waals surface area contributed by atoms with E-state index in [1.54, 1.807) is 0 Å². The van der Waals surface area contributed by atoms with Crippen molar-refractivity contribution >= 4 is 33.3 Å². The first-order valence-corrected chi connectivity index (χ1v) is 8.93. The molecule has 3 aromatic rings. The number of fused-ring (bicyclic) bond motifs is 1. The topological polar surface area (TPSA) is 38.3 Å². The Morgan fingerprint density at radius 1 is 1.08 bits per heavy atom. The van der Waals surface area contributed by atoms with E-state index in [1.165, 1.54) is 12.7 Å². The van der Waals surface area contributed by atoms with E-state index < -0.39 is 0 Å². The van der Waals surface area contributed by atoms with Crippen molar-refractivity contribution in [2.75, 3.05) is 7.11 Å². The Labute approximate surface area is 156 Å². The van der Waals surface area contributed by atoms with Crippen molar-refractivity contribution in [2.45, 2.75) is 19.4 Å². The first-order chi connectivity index (χ1) is 12.2. The highest BCUT2D eigenvalue weighted by atomic mass is 27.1. The molecule has 124 valence electrons. The maximum atomic E-state index is 12.3. The minimum atomic E-state index is -0.317. The summed E-state index contributed by atoms with van der Waals surface area (Å²) in [6.45, 7) is 2.15. The van der Waals surface area contributed by atoms with Crippen molar-refractivity contribution in [1.82, 2.24) is 4.30 Å². The van der Waals surface area contributed by atoms with Crippen LogP contribution in [0.15, 0.2) is 60.7 Å². The van der Waals surface area contributed by atoms with E-state index in [4.69, 9.17) is 4.74 Å². The lowest BCUT2D eigenvalue weighted by Gasteiger charge is -2.17. The number of ether oxygens (including phenoxy) is 1. The molecule has 0 saturated carbocycles. The van der Waals surface area contributed by atoms with E-state index in [9.17, 15) is 4.79 Å². The summed E-state index contributed by atoms with van der Waals surface area (Å²) >= 11 is 2.58. The highest BCUT2D eigenvalue weighted by Crippen LogP contribution is 2.33. The van der Waals surface area contributed by atoms with E-state index >= 15 is 0 Å². The molecule has 0 amide bonds. The minimum Gasteiger partial charge on any atom is -0.465 e. The van der Waals surface area contributed by atoms with Gasteiger partial charge in [0, 0.05) is 11.6 Å². The fourth-order valence-corrected chi connectivity index (χ4v) is 3.62. The number of methoxy groups -OCH3 is 1. The molecule has 3 aromatic carbocycles. The second-order valence-electron chi connectivity index (χ2n) is 5.95. The number of hydrogen-bond acceptors (Lipinski definition) is 3. The number of nitrogens with one attached hydrogen (secondary N) is 1. The molecule has 4 heteroatoms. The molecule has 0 saturated heterocycles. The Hall–Kier alpha value is -2.12. The van der Waals surface area contributed by atoms with Crippen LogP contribution >= 0.6 is 0 Å². The maximum absolute atomic E-state index is 12.3. The average Bonchev–Trinajstić information content (AvgIpc) is 2.68. The highest BCUT2D eigenvalue weighted by Gasteiger charge is 2.16. The summed E-state index contributed by atoms with van der Waals surface area (Å²) in [6, 6.07) is 20.6. The molecule has 0 aliphatic heterocycles. The summed E-state index contributed by atoms with van der Waals surface area (Å²) in [5, 5.41) is 2.15. The molecule has 0 aromatic heterocycles. The van der Waals surface area contributed by atoms with Crippen molar-refractivity contribution in [1.29, 1.82) is 0 Å². The third-order valence-electron chi connectivity index (χ3n) is 4.55. The van der Waals surface area contributed by atoms with Gasteiger partial charge < -0.3 is 9.04 Å².